The standard InChI is InChI=1S/C34H31F2N5O4/c35-27-13-16-30(36)26(19-27)21-38-33(43)34(20-23-7-2-1-3-8-23)31(29-10-5-4-9-25(29)22-39-41-37)45-32(40-34)24-11-14-28(15-12-24)44-18-6-17-42/h1-5,7-16,19,31,42H,6,17-18,20-22H2,(H,38,43)/t31-,34-/m1/s1. The van der Waals surface area contributed by atoms with E-state index in [2.05, 4.69) is 15.3 Å². The number of rotatable bonds is 13. The summed E-state index contributed by atoms with van der Waals surface area (Å²) in [6, 6.07) is 26.5. The van der Waals surface area contributed by atoms with Crippen LogP contribution in [0.5, 0.6) is 5.75 Å². The summed E-state index contributed by atoms with van der Waals surface area (Å²) >= 11 is 0. The minimum Gasteiger partial charge on any atom is -0.494 e. The fraction of sp³-hybridized carbons (Fsp3) is 0.235. The van der Waals surface area contributed by atoms with Crippen molar-refractivity contribution < 1.29 is 28.2 Å². The number of carbonyl (C=O) groups excluding carboxylic acids is 1. The van der Waals surface area contributed by atoms with Crippen LogP contribution in [0.2, 0.25) is 0 Å². The van der Waals surface area contributed by atoms with Crippen LogP contribution >= 0.6 is 0 Å². The molecule has 1 aliphatic heterocycles. The average Bonchev–Trinajstić information content (AvgIpc) is 3.45. The van der Waals surface area contributed by atoms with E-state index in [1.54, 1.807) is 48.5 Å². The molecule has 0 unspecified atom stereocenters. The Morgan fingerprint density at radius 2 is 1.78 bits per heavy atom. The van der Waals surface area contributed by atoms with E-state index in [1.165, 1.54) is 0 Å². The summed E-state index contributed by atoms with van der Waals surface area (Å²) in [6.07, 6.45) is -0.376. The van der Waals surface area contributed by atoms with Gasteiger partial charge < -0.3 is 19.9 Å². The highest BCUT2D eigenvalue weighted by molar-refractivity contribution is 6.01. The Kier molecular flexibility index (Phi) is 10.0. The number of aliphatic hydroxyl groups is 1. The lowest BCUT2D eigenvalue weighted by Gasteiger charge is -2.32. The van der Waals surface area contributed by atoms with Gasteiger partial charge in [0, 0.05) is 42.0 Å². The maximum Gasteiger partial charge on any atom is 0.252 e. The second-order valence-corrected chi connectivity index (χ2v) is 10.5. The van der Waals surface area contributed by atoms with Crippen molar-refractivity contribution in [1.82, 2.24) is 5.32 Å². The number of hydrogen-bond donors (Lipinski definition) is 2. The van der Waals surface area contributed by atoms with Gasteiger partial charge in [0.15, 0.2) is 11.6 Å². The first-order valence-electron chi connectivity index (χ1n) is 14.4. The topological polar surface area (TPSA) is 129 Å². The molecule has 0 saturated carbocycles. The van der Waals surface area contributed by atoms with Gasteiger partial charge in [-0.25, -0.2) is 13.8 Å². The highest BCUT2D eigenvalue weighted by Crippen LogP contribution is 2.44. The third-order valence-corrected chi connectivity index (χ3v) is 7.44. The molecule has 0 spiro atoms. The van der Waals surface area contributed by atoms with E-state index in [4.69, 9.17) is 25.1 Å². The third-order valence-electron chi connectivity index (χ3n) is 7.44. The molecule has 0 radical (unpaired) electrons. The Bertz CT molecular complexity index is 1710. The number of aliphatic imine (C=N–C) groups is 1. The SMILES string of the molecule is [N-]=[N+]=NCc1ccccc1[C@H]1OC(c2ccc(OCCCO)cc2)=N[C@@]1(Cc1ccccc1)C(=O)NCc1cc(F)ccc1F. The molecule has 1 amide bonds. The van der Waals surface area contributed by atoms with Crippen molar-refractivity contribution in [2.45, 2.75) is 37.6 Å². The van der Waals surface area contributed by atoms with Gasteiger partial charge in [0.05, 0.1) is 13.2 Å². The van der Waals surface area contributed by atoms with Crippen LogP contribution in [0.3, 0.4) is 0 Å². The lowest BCUT2D eigenvalue weighted by molar-refractivity contribution is -0.129. The molecular formula is C34H31F2N5O4. The normalized spacial score (nSPS) is 17.1. The van der Waals surface area contributed by atoms with E-state index in [-0.39, 0.29) is 37.6 Å². The Morgan fingerprint density at radius 1 is 1.02 bits per heavy atom. The number of halogens is 2. The molecule has 0 aliphatic carbocycles. The third kappa shape index (κ3) is 7.29. The molecule has 2 N–H and O–H groups in total. The molecule has 1 aliphatic rings. The molecule has 5 rings (SSSR count). The van der Waals surface area contributed by atoms with Crippen LogP contribution < -0.4 is 10.1 Å². The molecule has 11 heteroatoms. The Balaban J connectivity index is 1.60. The molecule has 4 aromatic rings. The van der Waals surface area contributed by atoms with Gasteiger partial charge in [0.2, 0.25) is 5.90 Å². The molecule has 4 aromatic carbocycles. The largest absolute Gasteiger partial charge is 0.494 e. The van der Waals surface area contributed by atoms with Crippen molar-refractivity contribution >= 4 is 11.8 Å². The van der Waals surface area contributed by atoms with Crippen LogP contribution in [0.15, 0.2) is 107 Å². The zero-order valence-corrected chi connectivity index (χ0v) is 24.3. The van der Waals surface area contributed by atoms with Crippen LogP contribution in [0.1, 0.15) is 40.3 Å². The first-order chi connectivity index (χ1) is 21.9. The number of carbonyl (C=O) groups is 1. The van der Waals surface area contributed by atoms with Crippen molar-refractivity contribution in [3.05, 3.63) is 147 Å². The number of hydrogen-bond acceptors (Lipinski definition) is 6. The lowest BCUT2D eigenvalue weighted by atomic mass is 9.80. The molecule has 0 saturated heterocycles. The Labute approximate surface area is 258 Å². The highest BCUT2D eigenvalue weighted by atomic mass is 19.1. The number of amides is 1. The number of ether oxygens (including phenoxy) is 2. The summed E-state index contributed by atoms with van der Waals surface area (Å²) in [5.41, 5.74) is 10.0. The van der Waals surface area contributed by atoms with Gasteiger partial charge in [-0.1, -0.05) is 59.7 Å². The maximum atomic E-state index is 14.5. The second kappa shape index (κ2) is 14.5. The van der Waals surface area contributed by atoms with E-state index < -0.39 is 29.2 Å². The summed E-state index contributed by atoms with van der Waals surface area (Å²) in [4.78, 5) is 22.2. The number of aliphatic hydroxyl groups excluding tert-OH is 1. The maximum absolute atomic E-state index is 14.5. The monoisotopic (exact) mass is 611 g/mol. The van der Waals surface area contributed by atoms with Gasteiger partial charge in [-0.2, -0.15) is 0 Å². The molecule has 0 bridgehead atoms. The zero-order chi connectivity index (χ0) is 31.6. The smallest absolute Gasteiger partial charge is 0.252 e. The molecule has 1 heterocycles. The minimum absolute atomic E-state index is 0.0132. The van der Waals surface area contributed by atoms with Gasteiger partial charge in [-0.05, 0) is 64.7 Å². The van der Waals surface area contributed by atoms with Crippen molar-refractivity contribution in [2.24, 2.45) is 10.1 Å². The molecule has 0 fully saturated rings. The van der Waals surface area contributed by atoms with Crippen molar-refractivity contribution in [1.29, 1.82) is 0 Å². The average molecular weight is 612 g/mol. The molecule has 45 heavy (non-hydrogen) atoms. The first kappa shape index (κ1) is 31.2. The van der Waals surface area contributed by atoms with Crippen molar-refractivity contribution in [2.75, 3.05) is 13.2 Å². The highest BCUT2D eigenvalue weighted by Gasteiger charge is 2.53. The summed E-state index contributed by atoms with van der Waals surface area (Å²) in [5.74, 6) is -1.05. The number of azide groups is 1. The van der Waals surface area contributed by atoms with Gasteiger partial charge in [0.25, 0.3) is 5.91 Å². The van der Waals surface area contributed by atoms with E-state index in [0.29, 0.717) is 35.5 Å². The van der Waals surface area contributed by atoms with E-state index in [0.717, 1.165) is 23.8 Å². The summed E-state index contributed by atoms with van der Waals surface area (Å²) in [6.45, 7) is 0.0996. The number of nitrogens with zero attached hydrogens (tertiary/aromatic N) is 4. The fourth-order valence-corrected chi connectivity index (χ4v) is 5.22. The zero-order valence-electron chi connectivity index (χ0n) is 24.3. The van der Waals surface area contributed by atoms with Crippen LogP contribution in [0.25, 0.3) is 10.4 Å². The van der Waals surface area contributed by atoms with Crippen molar-refractivity contribution in [3.63, 3.8) is 0 Å². The Morgan fingerprint density at radius 3 is 2.53 bits per heavy atom. The van der Waals surface area contributed by atoms with Crippen LogP contribution in [-0.2, 0) is 29.0 Å². The molecule has 0 aromatic heterocycles. The van der Waals surface area contributed by atoms with E-state index in [9.17, 15) is 13.6 Å². The summed E-state index contributed by atoms with van der Waals surface area (Å²) in [5, 5.41) is 15.6. The number of benzene rings is 4. The predicted molar refractivity (Wildman–Crippen MR) is 164 cm³/mol. The van der Waals surface area contributed by atoms with Gasteiger partial charge in [0.1, 0.15) is 17.4 Å². The fourth-order valence-electron chi connectivity index (χ4n) is 5.22. The second-order valence-electron chi connectivity index (χ2n) is 10.5. The molecule has 230 valence electrons. The molecule has 9 nitrogen and oxygen atoms in total. The van der Waals surface area contributed by atoms with Gasteiger partial charge in [-0.15, -0.1) is 0 Å². The first-order valence-corrected chi connectivity index (χ1v) is 14.4. The van der Waals surface area contributed by atoms with Crippen LogP contribution in [-0.4, -0.2) is 35.7 Å². The van der Waals surface area contributed by atoms with Gasteiger partial charge in [-0.3, -0.25) is 4.79 Å². The van der Waals surface area contributed by atoms with Crippen LogP contribution in [0.4, 0.5) is 8.78 Å². The van der Waals surface area contributed by atoms with Crippen LogP contribution in [0, 0.1) is 11.6 Å². The quantitative estimate of drug-likeness (QED) is 0.0790. The minimum atomic E-state index is -1.59. The van der Waals surface area contributed by atoms with E-state index in [1.807, 2.05) is 30.3 Å². The molecule has 2 atom stereocenters. The van der Waals surface area contributed by atoms with Crippen molar-refractivity contribution in [3.8, 4) is 5.75 Å². The molecular weight excluding hydrogens is 580 g/mol. The number of nitrogens with one attached hydrogen (secondary N) is 1. The lowest BCUT2D eigenvalue weighted by Crippen LogP contribution is -2.50. The van der Waals surface area contributed by atoms with Gasteiger partial charge >= 0.3 is 0 Å². The van der Waals surface area contributed by atoms with E-state index >= 15 is 0 Å². The Hall–Kier alpha value is -5.25. The summed E-state index contributed by atoms with van der Waals surface area (Å²) < 4.78 is 40.7. The predicted octanol–water partition coefficient (Wildman–Crippen LogP) is 6.35. The summed E-state index contributed by atoms with van der Waals surface area (Å²) in [7, 11) is 0.